The molecule has 0 bridgehead atoms. The quantitative estimate of drug-likeness (QED) is 0.839. The lowest BCUT2D eigenvalue weighted by atomic mass is 9.76. The summed E-state index contributed by atoms with van der Waals surface area (Å²) in [5.74, 6) is -4.38. The Morgan fingerprint density at radius 1 is 1.53 bits per heavy atom. The van der Waals surface area contributed by atoms with Crippen molar-refractivity contribution in [2.24, 2.45) is 11.8 Å². The molecule has 3 atom stereocenters. The number of hydrogen-bond donors (Lipinski definition) is 2. The smallest absolute Gasteiger partial charge is 0.392 e. The van der Waals surface area contributed by atoms with Crippen LogP contribution in [0.25, 0.3) is 0 Å². The van der Waals surface area contributed by atoms with Gasteiger partial charge in [-0.1, -0.05) is 13.8 Å². The van der Waals surface area contributed by atoms with Crippen LogP contribution < -0.4 is 0 Å². The zero-order valence-corrected chi connectivity index (χ0v) is 10.7. The molecular weight excluding hydrogens is 261 g/mol. The van der Waals surface area contributed by atoms with E-state index in [1.807, 2.05) is 0 Å². The van der Waals surface area contributed by atoms with Crippen LogP contribution in [0.4, 0.5) is 13.2 Å². The molecule has 2 unspecified atom stereocenters. The first-order chi connectivity index (χ1) is 8.77. The number of carbonyl (C=O) groups is 1. The molecule has 0 fully saturated rings. The van der Waals surface area contributed by atoms with Crippen molar-refractivity contribution in [1.82, 2.24) is 10.2 Å². The number of rotatable bonds is 6. The van der Waals surface area contributed by atoms with E-state index in [2.05, 4.69) is 10.2 Å². The number of aliphatic carboxylic acids is 1. The number of nitrogens with zero attached hydrogens (tertiary/aromatic N) is 1. The van der Waals surface area contributed by atoms with Crippen molar-refractivity contribution in [3.63, 3.8) is 0 Å². The third-order valence-electron chi connectivity index (χ3n) is 3.47. The highest BCUT2D eigenvalue weighted by Crippen LogP contribution is 2.42. The van der Waals surface area contributed by atoms with Crippen LogP contribution in [0.3, 0.4) is 0 Å². The summed E-state index contributed by atoms with van der Waals surface area (Å²) in [4.78, 5) is 10.8. The molecule has 0 saturated heterocycles. The largest absolute Gasteiger partial charge is 0.481 e. The van der Waals surface area contributed by atoms with Crippen LogP contribution >= 0.6 is 0 Å². The van der Waals surface area contributed by atoms with Crippen LogP contribution in [0.5, 0.6) is 0 Å². The highest BCUT2D eigenvalue weighted by atomic mass is 19.4. The van der Waals surface area contributed by atoms with E-state index in [9.17, 15) is 18.0 Å². The molecule has 1 rings (SSSR count). The molecule has 0 aliphatic carbocycles. The van der Waals surface area contributed by atoms with Crippen LogP contribution in [-0.4, -0.2) is 27.4 Å². The van der Waals surface area contributed by atoms with E-state index in [0.29, 0.717) is 5.56 Å². The van der Waals surface area contributed by atoms with E-state index in [4.69, 9.17) is 5.11 Å². The van der Waals surface area contributed by atoms with Gasteiger partial charge in [-0.05, 0) is 23.8 Å². The van der Waals surface area contributed by atoms with Crippen molar-refractivity contribution in [2.45, 2.75) is 38.8 Å². The van der Waals surface area contributed by atoms with Crippen LogP contribution in [-0.2, 0) is 4.79 Å². The Kier molecular flexibility index (Phi) is 4.97. The second-order valence-corrected chi connectivity index (χ2v) is 4.64. The molecule has 0 aliphatic heterocycles. The summed E-state index contributed by atoms with van der Waals surface area (Å²) in [7, 11) is 0. The summed E-state index contributed by atoms with van der Waals surface area (Å²) in [6.07, 6.45) is -2.11. The first kappa shape index (κ1) is 15.5. The lowest BCUT2D eigenvalue weighted by Gasteiger charge is -2.31. The van der Waals surface area contributed by atoms with E-state index in [0.717, 1.165) is 0 Å². The maximum absolute atomic E-state index is 13.0. The van der Waals surface area contributed by atoms with Gasteiger partial charge in [0.2, 0.25) is 0 Å². The SMILES string of the molecule is CCC([C@H](CC(=O)O)C(C)c1cn[nH]c1)C(F)(F)F. The summed E-state index contributed by atoms with van der Waals surface area (Å²) in [5, 5.41) is 15.1. The summed E-state index contributed by atoms with van der Waals surface area (Å²) < 4.78 is 39.0. The van der Waals surface area contributed by atoms with Crippen LogP contribution in [0.1, 0.15) is 38.2 Å². The zero-order chi connectivity index (χ0) is 14.6. The second kappa shape index (κ2) is 6.08. The van der Waals surface area contributed by atoms with E-state index in [1.54, 1.807) is 6.92 Å². The molecule has 0 amide bonds. The molecule has 108 valence electrons. The van der Waals surface area contributed by atoms with Crippen LogP contribution in [0.2, 0.25) is 0 Å². The van der Waals surface area contributed by atoms with E-state index < -0.39 is 36.3 Å². The number of nitrogens with one attached hydrogen (secondary N) is 1. The summed E-state index contributed by atoms with van der Waals surface area (Å²) >= 11 is 0. The Balaban J connectivity index is 3.02. The summed E-state index contributed by atoms with van der Waals surface area (Å²) in [6, 6.07) is 0. The van der Waals surface area contributed by atoms with Gasteiger partial charge in [0.15, 0.2) is 0 Å². The molecule has 1 aromatic rings. The molecule has 2 N–H and O–H groups in total. The fourth-order valence-electron chi connectivity index (χ4n) is 2.40. The van der Waals surface area contributed by atoms with Crippen LogP contribution in [0.15, 0.2) is 12.4 Å². The summed E-state index contributed by atoms with van der Waals surface area (Å²) in [6.45, 7) is 3.03. The number of alkyl halides is 3. The topological polar surface area (TPSA) is 66.0 Å². The minimum absolute atomic E-state index is 0.135. The van der Waals surface area contributed by atoms with Crippen molar-refractivity contribution in [2.75, 3.05) is 0 Å². The van der Waals surface area contributed by atoms with Crippen molar-refractivity contribution in [1.29, 1.82) is 0 Å². The predicted octanol–water partition coefficient (Wildman–Crippen LogP) is 3.19. The molecule has 0 aromatic carbocycles. The number of aromatic nitrogens is 2. The maximum Gasteiger partial charge on any atom is 0.392 e. The van der Waals surface area contributed by atoms with Gasteiger partial charge in [0.25, 0.3) is 0 Å². The van der Waals surface area contributed by atoms with Crippen molar-refractivity contribution < 1.29 is 23.1 Å². The molecular formula is C12H17F3N2O2. The first-order valence-electron chi connectivity index (χ1n) is 6.04. The zero-order valence-electron chi connectivity index (χ0n) is 10.7. The Morgan fingerprint density at radius 2 is 2.16 bits per heavy atom. The average molecular weight is 278 g/mol. The van der Waals surface area contributed by atoms with Gasteiger partial charge < -0.3 is 5.11 Å². The van der Waals surface area contributed by atoms with Gasteiger partial charge in [-0.3, -0.25) is 9.89 Å². The van der Waals surface area contributed by atoms with Crippen molar-refractivity contribution in [3.8, 4) is 0 Å². The van der Waals surface area contributed by atoms with Crippen LogP contribution in [0, 0.1) is 11.8 Å². The van der Waals surface area contributed by atoms with Gasteiger partial charge in [0.1, 0.15) is 0 Å². The first-order valence-corrected chi connectivity index (χ1v) is 6.04. The Hall–Kier alpha value is -1.53. The third kappa shape index (κ3) is 3.97. The second-order valence-electron chi connectivity index (χ2n) is 4.64. The minimum atomic E-state index is -4.40. The fraction of sp³-hybridized carbons (Fsp3) is 0.667. The molecule has 1 aromatic heterocycles. The molecule has 0 aliphatic rings. The van der Waals surface area contributed by atoms with Crippen molar-refractivity contribution >= 4 is 5.97 Å². The third-order valence-corrected chi connectivity index (χ3v) is 3.47. The molecule has 19 heavy (non-hydrogen) atoms. The standard InChI is InChI=1S/C12H17F3N2O2/c1-3-10(12(13,14)15)9(4-11(18)19)7(2)8-5-16-17-6-8/h5-7,9-10H,3-4H2,1-2H3,(H,16,17)(H,18,19)/t7?,9-,10?/m1/s1. The van der Waals surface area contributed by atoms with Gasteiger partial charge >= 0.3 is 12.1 Å². The molecule has 4 nitrogen and oxygen atoms in total. The van der Waals surface area contributed by atoms with Gasteiger partial charge in [-0.15, -0.1) is 0 Å². The molecule has 0 radical (unpaired) electrons. The monoisotopic (exact) mass is 278 g/mol. The lowest BCUT2D eigenvalue weighted by Crippen LogP contribution is -2.34. The summed E-state index contributed by atoms with van der Waals surface area (Å²) in [5.41, 5.74) is 0.592. The van der Waals surface area contributed by atoms with Crippen molar-refractivity contribution in [3.05, 3.63) is 18.0 Å². The van der Waals surface area contributed by atoms with Gasteiger partial charge in [0, 0.05) is 12.6 Å². The average Bonchev–Trinajstić information content (AvgIpc) is 2.78. The number of carboxylic acid groups (broad SMARTS) is 1. The van der Waals surface area contributed by atoms with E-state index in [-0.39, 0.29) is 6.42 Å². The normalized spacial score (nSPS) is 16.9. The Labute approximate surface area is 109 Å². The van der Waals surface area contributed by atoms with E-state index >= 15 is 0 Å². The minimum Gasteiger partial charge on any atom is -0.481 e. The van der Waals surface area contributed by atoms with Gasteiger partial charge in [-0.2, -0.15) is 18.3 Å². The number of H-pyrrole nitrogens is 1. The number of halogens is 3. The molecule has 7 heteroatoms. The van der Waals surface area contributed by atoms with Gasteiger partial charge in [0.05, 0.1) is 12.1 Å². The van der Waals surface area contributed by atoms with Gasteiger partial charge in [-0.25, -0.2) is 0 Å². The molecule has 1 heterocycles. The molecule has 0 spiro atoms. The maximum atomic E-state index is 13.0. The lowest BCUT2D eigenvalue weighted by molar-refractivity contribution is -0.193. The highest BCUT2D eigenvalue weighted by molar-refractivity contribution is 5.67. The predicted molar refractivity (Wildman–Crippen MR) is 62.6 cm³/mol. The Bertz CT molecular complexity index is 404. The molecule has 0 saturated carbocycles. The number of carboxylic acids is 1. The Morgan fingerprint density at radius 3 is 2.53 bits per heavy atom. The number of hydrogen-bond acceptors (Lipinski definition) is 2. The highest BCUT2D eigenvalue weighted by Gasteiger charge is 2.46. The number of aromatic amines is 1. The van der Waals surface area contributed by atoms with E-state index in [1.165, 1.54) is 19.3 Å². The fourth-order valence-corrected chi connectivity index (χ4v) is 2.40.